The van der Waals surface area contributed by atoms with Gasteiger partial charge in [0, 0.05) is 28.6 Å². The Morgan fingerprint density at radius 2 is 2.26 bits per heavy atom. The van der Waals surface area contributed by atoms with Crippen LogP contribution in [0.4, 0.5) is 4.39 Å². The molecule has 0 aliphatic heterocycles. The van der Waals surface area contributed by atoms with Gasteiger partial charge in [0.15, 0.2) is 0 Å². The Hall–Kier alpha value is -1.01. The first-order chi connectivity index (χ1) is 9.08. The van der Waals surface area contributed by atoms with Gasteiger partial charge in [-0.05, 0) is 37.1 Å². The Labute approximate surface area is 120 Å². The number of aromatic nitrogens is 1. The van der Waals surface area contributed by atoms with Crippen LogP contribution < -0.4 is 11.3 Å². The van der Waals surface area contributed by atoms with Crippen molar-refractivity contribution in [3.63, 3.8) is 0 Å². The topological polar surface area (TPSA) is 50.9 Å². The summed E-state index contributed by atoms with van der Waals surface area (Å²) in [5.74, 6) is 5.27. The molecule has 3 nitrogen and oxygen atoms in total. The molecule has 0 fully saturated rings. The van der Waals surface area contributed by atoms with Gasteiger partial charge in [0.2, 0.25) is 0 Å². The second-order valence-electron chi connectivity index (χ2n) is 4.39. The molecule has 1 unspecified atom stereocenters. The minimum Gasteiger partial charge on any atom is -0.271 e. The molecule has 0 radical (unpaired) electrons. The van der Waals surface area contributed by atoms with E-state index in [0.717, 1.165) is 10.7 Å². The number of rotatable bonds is 5. The van der Waals surface area contributed by atoms with E-state index in [0.29, 0.717) is 23.4 Å². The highest BCUT2D eigenvalue weighted by Crippen LogP contribution is 2.18. The number of nitrogens with two attached hydrogens (primary N) is 1. The first kappa shape index (κ1) is 14.4. The van der Waals surface area contributed by atoms with Crippen molar-refractivity contribution in [2.45, 2.75) is 25.8 Å². The molecule has 1 heterocycles. The van der Waals surface area contributed by atoms with Crippen LogP contribution in [-0.4, -0.2) is 11.0 Å². The summed E-state index contributed by atoms with van der Waals surface area (Å²) >= 11 is 7.46. The van der Waals surface area contributed by atoms with Crippen molar-refractivity contribution >= 4 is 22.9 Å². The van der Waals surface area contributed by atoms with Gasteiger partial charge < -0.3 is 0 Å². The van der Waals surface area contributed by atoms with E-state index in [1.165, 1.54) is 12.1 Å². The maximum atomic E-state index is 13.7. The Bertz CT molecular complexity index is 559. The molecule has 19 heavy (non-hydrogen) atoms. The van der Waals surface area contributed by atoms with E-state index < -0.39 is 0 Å². The van der Waals surface area contributed by atoms with E-state index in [-0.39, 0.29) is 11.9 Å². The van der Waals surface area contributed by atoms with Gasteiger partial charge in [0.25, 0.3) is 0 Å². The standard InChI is InChI=1S/C13H15ClFN3S/c1-8-7-19-13(17-8)6-11(18-16)5-9-4-10(14)2-3-12(9)15/h2-4,7,11,18H,5-6,16H2,1H3. The van der Waals surface area contributed by atoms with E-state index in [4.69, 9.17) is 17.4 Å². The lowest BCUT2D eigenvalue weighted by molar-refractivity contribution is 0.505. The van der Waals surface area contributed by atoms with Crippen molar-refractivity contribution in [2.75, 3.05) is 0 Å². The summed E-state index contributed by atoms with van der Waals surface area (Å²) < 4.78 is 13.7. The molecule has 3 N–H and O–H groups in total. The van der Waals surface area contributed by atoms with Crippen LogP contribution in [0.5, 0.6) is 0 Å². The van der Waals surface area contributed by atoms with Crippen molar-refractivity contribution in [3.8, 4) is 0 Å². The molecule has 2 rings (SSSR count). The third kappa shape index (κ3) is 3.98. The predicted octanol–water partition coefficient (Wildman–Crippen LogP) is 2.86. The minimum atomic E-state index is -0.264. The molecule has 2 aromatic rings. The molecule has 1 atom stereocenters. The lowest BCUT2D eigenvalue weighted by Gasteiger charge is -2.15. The average molecular weight is 300 g/mol. The zero-order valence-corrected chi connectivity index (χ0v) is 12.1. The average Bonchev–Trinajstić information content (AvgIpc) is 2.78. The first-order valence-corrected chi connectivity index (χ1v) is 7.15. The molecular weight excluding hydrogens is 285 g/mol. The number of aryl methyl sites for hydroxylation is 1. The number of nitrogens with one attached hydrogen (secondary N) is 1. The fraction of sp³-hybridized carbons (Fsp3) is 0.308. The summed E-state index contributed by atoms with van der Waals surface area (Å²) in [6, 6.07) is 4.47. The number of hydrogen-bond acceptors (Lipinski definition) is 4. The maximum absolute atomic E-state index is 13.7. The van der Waals surface area contributed by atoms with Gasteiger partial charge in [-0.25, -0.2) is 9.37 Å². The van der Waals surface area contributed by atoms with Gasteiger partial charge in [-0.15, -0.1) is 11.3 Å². The molecule has 0 saturated heterocycles. The number of benzene rings is 1. The first-order valence-electron chi connectivity index (χ1n) is 5.89. The Morgan fingerprint density at radius 1 is 1.47 bits per heavy atom. The summed E-state index contributed by atoms with van der Waals surface area (Å²) in [7, 11) is 0. The minimum absolute atomic E-state index is 0.0708. The zero-order chi connectivity index (χ0) is 13.8. The van der Waals surface area contributed by atoms with Crippen LogP contribution in [0.3, 0.4) is 0 Å². The predicted molar refractivity (Wildman–Crippen MR) is 76.8 cm³/mol. The third-order valence-electron chi connectivity index (χ3n) is 2.80. The van der Waals surface area contributed by atoms with Gasteiger partial charge in [-0.2, -0.15) is 0 Å². The summed E-state index contributed by atoms with van der Waals surface area (Å²) in [6.45, 7) is 1.95. The molecule has 0 saturated carbocycles. The highest BCUT2D eigenvalue weighted by atomic mass is 35.5. The van der Waals surface area contributed by atoms with Gasteiger partial charge in [0.05, 0.1) is 5.01 Å². The van der Waals surface area contributed by atoms with Gasteiger partial charge in [-0.1, -0.05) is 11.6 Å². The van der Waals surface area contributed by atoms with Gasteiger partial charge in [0.1, 0.15) is 5.82 Å². The van der Waals surface area contributed by atoms with E-state index in [9.17, 15) is 4.39 Å². The lowest BCUT2D eigenvalue weighted by atomic mass is 10.0. The summed E-state index contributed by atoms with van der Waals surface area (Å²) in [4.78, 5) is 4.38. The summed E-state index contributed by atoms with van der Waals surface area (Å²) in [5, 5.41) is 3.50. The Balaban J connectivity index is 2.08. The molecule has 0 bridgehead atoms. The second-order valence-corrected chi connectivity index (χ2v) is 5.77. The van der Waals surface area contributed by atoms with Crippen LogP contribution in [0.15, 0.2) is 23.6 Å². The van der Waals surface area contributed by atoms with Crippen LogP contribution in [0.1, 0.15) is 16.3 Å². The molecule has 1 aromatic heterocycles. The smallest absolute Gasteiger partial charge is 0.126 e. The van der Waals surface area contributed by atoms with Crippen molar-refractivity contribution in [2.24, 2.45) is 5.84 Å². The van der Waals surface area contributed by atoms with Crippen molar-refractivity contribution in [1.29, 1.82) is 0 Å². The number of thiazole rings is 1. The molecule has 1 aromatic carbocycles. The van der Waals surface area contributed by atoms with Gasteiger partial charge in [-0.3, -0.25) is 11.3 Å². The van der Waals surface area contributed by atoms with E-state index in [1.807, 2.05) is 12.3 Å². The lowest BCUT2D eigenvalue weighted by Crippen LogP contribution is -2.38. The molecule has 0 aliphatic carbocycles. The van der Waals surface area contributed by atoms with E-state index >= 15 is 0 Å². The van der Waals surface area contributed by atoms with Crippen LogP contribution >= 0.6 is 22.9 Å². The molecule has 0 spiro atoms. The normalized spacial score (nSPS) is 12.6. The molecule has 102 valence electrons. The fourth-order valence-electron chi connectivity index (χ4n) is 1.86. The molecular formula is C13H15ClFN3S. The number of hydrazine groups is 1. The van der Waals surface area contributed by atoms with Crippen molar-refractivity contribution < 1.29 is 4.39 Å². The van der Waals surface area contributed by atoms with Crippen molar-refractivity contribution in [3.05, 3.63) is 50.7 Å². The van der Waals surface area contributed by atoms with Crippen molar-refractivity contribution in [1.82, 2.24) is 10.4 Å². The highest BCUT2D eigenvalue weighted by Gasteiger charge is 2.14. The molecule has 0 amide bonds. The molecule has 0 aliphatic rings. The SMILES string of the molecule is Cc1csc(CC(Cc2cc(Cl)ccc2F)NN)n1. The highest BCUT2D eigenvalue weighted by molar-refractivity contribution is 7.09. The fourth-order valence-corrected chi connectivity index (χ4v) is 2.91. The monoisotopic (exact) mass is 299 g/mol. The Morgan fingerprint density at radius 3 is 2.89 bits per heavy atom. The zero-order valence-electron chi connectivity index (χ0n) is 10.5. The van der Waals surface area contributed by atoms with E-state index in [1.54, 1.807) is 17.4 Å². The second kappa shape index (κ2) is 6.43. The van der Waals surface area contributed by atoms with Crippen LogP contribution in [0.25, 0.3) is 0 Å². The molecule has 6 heteroatoms. The Kier molecular flexibility index (Phi) is 4.87. The van der Waals surface area contributed by atoms with E-state index in [2.05, 4.69) is 10.4 Å². The largest absolute Gasteiger partial charge is 0.271 e. The van der Waals surface area contributed by atoms with Crippen LogP contribution in [-0.2, 0) is 12.8 Å². The van der Waals surface area contributed by atoms with Crippen LogP contribution in [0, 0.1) is 12.7 Å². The number of nitrogens with zero attached hydrogens (tertiary/aromatic N) is 1. The van der Waals surface area contributed by atoms with Crippen LogP contribution in [0.2, 0.25) is 5.02 Å². The number of halogens is 2. The third-order valence-corrected chi connectivity index (χ3v) is 4.02. The number of hydrogen-bond donors (Lipinski definition) is 2. The summed E-state index contributed by atoms with van der Waals surface area (Å²) in [5.41, 5.74) is 4.26. The van der Waals surface area contributed by atoms with Gasteiger partial charge >= 0.3 is 0 Å². The quantitative estimate of drug-likeness (QED) is 0.659. The summed E-state index contributed by atoms with van der Waals surface area (Å²) in [6.07, 6.45) is 1.14. The maximum Gasteiger partial charge on any atom is 0.126 e.